The van der Waals surface area contributed by atoms with Gasteiger partial charge in [-0.3, -0.25) is 9.89 Å². The highest BCUT2D eigenvalue weighted by molar-refractivity contribution is 7.89. The minimum absolute atomic E-state index is 0.0460. The minimum Gasteiger partial charge on any atom is -0.482 e. The predicted octanol–water partition coefficient (Wildman–Crippen LogP) is 0.836. The van der Waals surface area contributed by atoms with Crippen molar-refractivity contribution in [1.29, 1.82) is 0 Å². The molecule has 0 aliphatic carbocycles. The number of nitrogens with one attached hydrogen (secondary N) is 3. The third kappa shape index (κ3) is 3.06. The molecule has 23 heavy (non-hydrogen) atoms. The third-order valence-electron chi connectivity index (χ3n) is 3.47. The number of fused-ring (bicyclic) bond motifs is 1. The first-order valence-corrected chi connectivity index (χ1v) is 8.42. The van der Waals surface area contributed by atoms with Crippen LogP contribution in [0.4, 0.5) is 5.69 Å². The number of nitrogens with zero attached hydrogens (tertiary/aromatic N) is 1. The van der Waals surface area contributed by atoms with Gasteiger partial charge in [0, 0.05) is 6.54 Å². The maximum Gasteiger partial charge on any atom is 0.262 e. The number of aromatic amines is 1. The number of hydrogen-bond donors (Lipinski definition) is 3. The van der Waals surface area contributed by atoms with Crippen LogP contribution in [-0.4, -0.2) is 31.1 Å². The molecule has 0 saturated heterocycles. The molecule has 1 aliphatic rings. The van der Waals surface area contributed by atoms with E-state index >= 15 is 0 Å². The highest BCUT2D eigenvalue weighted by Gasteiger charge is 2.22. The van der Waals surface area contributed by atoms with Crippen LogP contribution in [0.5, 0.6) is 5.75 Å². The molecule has 2 aromatic rings. The number of aryl methyl sites for hydroxylation is 2. The Morgan fingerprint density at radius 1 is 1.35 bits per heavy atom. The summed E-state index contributed by atoms with van der Waals surface area (Å²) in [5, 5.41) is 9.24. The molecule has 1 aliphatic heterocycles. The minimum atomic E-state index is -3.66. The third-order valence-corrected chi connectivity index (χ3v) is 5.14. The number of H-pyrrole nitrogens is 1. The van der Waals surface area contributed by atoms with Crippen LogP contribution in [-0.2, 0) is 21.4 Å². The van der Waals surface area contributed by atoms with Crippen molar-refractivity contribution in [3.63, 3.8) is 0 Å². The van der Waals surface area contributed by atoms with Gasteiger partial charge >= 0.3 is 0 Å². The molecule has 1 aromatic heterocycles. The summed E-state index contributed by atoms with van der Waals surface area (Å²) in [4.78, 5) is 11.4. The number of hydrogen-bond acceptors (Lipinski definition) is 5. The van der Waals surface area contributed by atoms with E-state index in [1.165, 1.54) is 0 Å². The van der Waals surface area contributed by atoms with Crippen molar-refractivity contribution in [2.45, 2.75) is 25.3 Å². The molecule has 0 radical (unpaired) electrons. The van der Waals surface area contributed by atoms with Gasteiger partial charge in [-0.25, -0.2) is 13.1 Å². The second kappa shape index (κ2) is 5.67. The summed E-state index contributed by atoms with van der Waals surface area (Å²) in [6, 6.07) is 5.11. The second-order valence-electron chi connectivity index (χ2n) is 5.26. The van der Waals surface area contributed by atoms with E-state index in [0.29, 0.717) is 22.8 Å². The Morgan fingerprint density at radius 2 is 2.13 bits per heavy atom. The lowest BCUT2D eigenvalue weighted by Gasteiger charge is -2.18. The molecule has 122 valence electrons. The standard InChI is InChI=1S/C14H16N4O4S/c1-8-14(9(2)18-17-8)23(20,21)15-6-10-3-4-11-12(5-10)22-7-13(19)16-11/h3-5,15H,6-7H2,1-2H3,(H,16,19)(H,17,18). The first kappa shape index (κ1) is 15.5. The Kier molecular flexibility index (Phi) is 3.82. The number of benzene rings is 1. The van der Waals surface area contributed by atoms with E-state index in [9.17, 15) is 13.2 Å². The Bertz CT molecular complexity index is 853. The number of sulfonamides is 1. The fraction of sp³-hybridized carbons (Fsp3) is 0.286. The van der Waals surface area contributed by atoms with Gasteiger partial charge in [-0.1, -0.05) is 6.07 Å². The normalized spacial score (nSPS) is 14.1. The van der Waals surface area contributed by atoms with Crippen LogP contribution in [0.1, 0.15) is 17.0 Å². The van der Waals surface area contributed by atoms with Crippen LogP contribution in [0.25, 0.3) is 0 Å². The van der Waals surface area contributed by atoms with Crippen molar-refractivity contribution in [2.75, 3.05) is 11.9 Å². The van der Waals surface area contributed by atoms with Gasteiger partial charge in [-0.15, -0.1) is 0 Å². The second-order valence-corrected chi connectivity index (χ2v) is 6.96. The van der Waals surface area contributed by atoms with Gasteiger partial charge in [0.15, 0.2) is 6.61 Å². The van der Waals surface area contributed by atoms with Gasteiger partial charge in [-0.2, -0.15) is 5.10 Å². The molecule has 1 aromatic carbocycles. The van der Waals surface area contributed by atoms with Crippen molar-refractivity contribution in [3.8, 4) is 5.75 Å². The first-order chi connectivity index (χ1) is 10.9. The van der Waals surface area contributed by atoms with Gasteiger partial charge in [0.25, 0.3) is 5.91 Å². The molecular weight excluding hydrogens is 320 g/mol. The monoisotopic (exact) mass is 336 g/mol. The number of rotatable bonds is 4. The summed E-state index contributed by atoms with van der Waals surface area (Å²) in [5.74, 6) is 0.314. The van der Waals surface area contributed by atoms with Crippen LogP contribution in [0.3, 0.4) is 0 Å². The van der Waals surface area contributed by atoms with E-state index in [4.69, 9.17) is 4.74 Å². The van der Waals surface area contributed by atoms with Gasteiger partial charge in [0.2, 0.25) is 10.0 Å². The highest BCUT2D eigenvalue weighted by atomic mass is 32.2. The van der Waals surface area contributed by atoms with E-state index in [-0.39, 0.29) is 24.0 Å². The van der Waals surface area contributed by atoms with E-state index in [0.717, 1.165) is 5.56 Å². The Labute approximate surface area is 133 Å². The summed E-state index contributed by atoms with van der Waals surface area (Å²) in [6.07, 6.45) is 0. The molecule has 2 heterocycles. The lowest BCUT2D eigenvalue weighted by molar-refractivity contribution is -0.118. The van der Waals surface area contributed by atoms with Crippen molar-refractivity contribution in [2.24, 2.45) is 0 Å². The Balaban J connectivity index is 1.77. The molecule has 0 spiro atoms. The maximum atomic E-state index is 12.4. The number of anilines is 1. The zero-order valence-corrected chi connectivity index (χ0v) is 13.5. The maximum absolute atomic E-state index is 12.4. The number of ether oxygens (including phenoxy) is 1. The smallest absolute Gasteiger partial charge is 0.262 e. The average Bonchev–Trinajstić information content (AvgIpc) is 2.85. The molecule has 0 saturated carbocycles. The molecule has 0 bridgehead atoms. The van der Waals surface area contributed by atoms with Crippen LogP contribution in [0.15, 0.2) is 23.1 Å². The summed E-state index contributed by atoms with van der Waals surface area (Å²) in [6.45, 7) is 3.35. The van der Waals surface area contributed by atoms with E-state index < -0.39 is 10.0 Å². The predicted molar refractivity (Wildman–Crippen MR) is 82.7 cm³/mol. The molecule has 1 amide bonds. The summed E-state index contributed by atoms with van der Waals surface area (Å²) >= 11 is 0. The van der Waals surface area contributed by atoms with Crippen LogP contribution in [0.2, 0.25) is 0 Å². The summed E-state index contributed by atoms with van der Waals surface area (Å²) in [7, 11) is -3.66. The van der Waals surface area contributed by atoms with Crippen molar-refractivity contribution in [3.05, 3.63) is 35.2 Å². The Morgan fingerprint density at radius 3 is 2.83 bits per heavy atom. The molecule has 9 heteroatoms. The lowest BCUT2D eigenvalue weighted by Crippen LogP contribution is -2.26. The molecule has 0 fully saturated rings. The lowest BCUT2D eigenvalue weighted by atomic mass is 10.2. The van der Waals surface area contributed by atoms with Crippen molar-refractivity contribution >= 4 is 21.6 Å². The van der Waals surface area contributed by atoms with Crippen LogP contribution < -0.4 is 14.8 Å². The van der Waals surface area contributed by atoms with Crippen molar-refractivity contribution < 1.29 is 17.9 Å². The van der Waals surface area contributed by atoms with E-state index in [1.807, 2.05) is 0 Å². The largest absolute Gasteiger partial charge is 0.482 e. The van der Waals surface area contributed by atoms with Crippen molar-refractivity contribution in [1.82, 2.24) is 14.9 Å². The summed E-state index contributed by atoms with van der Waals surface area (Å²) < 4.78 is 32.6. The Hall–Kier alpha value is -2.39. The highest BCUT2D eigenvalue weighted by Crippen LogP contribution is 2.28. The summed E-state index contributed by atoms with van der Waals surface area (Å²) in [5.41, 5.74) is 2.22. The molecule has 3 rings (SSSR count). The number of amides is 1. The van der Waals surface area contributed by atoms with Crippen LogP contribution >= 0.6 is 0 Å². The van der Waals surface area contributed by atoms with Gasteiger partial charge < -0.3 is 10.1 Å². The number of carbonyl (C=O) groups excluding carboxylic acids is 1. The topological polar surface area (TPSA) is 113 Å². The van der Waals surface area contributed by atoms with E-state index in [2.05, 4.69) is 20.2 Å². The molecule has 0 atom stereocenters. The fourth-order valence-electron chi connectivity index (χ4n) is 2.42. The molecule has 0 unspecified atom stereocenters. The zero-order valence-electron chi connectivity index (χ0n) is 12.6. The molecular formula is C14H16N4O4S. The van der Waals surface area contributed by atoms with Gasteiger partial charge in [-0.05, 0) is 31.5 Å². The number of aromatic nitrogens is 2. The quantitative estimate of drug-likeness (QED) is 0.765. The van der Waals surface area contributed by atoms with Gasteiger partial charge in [0.05, 0.1) is 17.1 Å². The van der Waals surface area contributed by atoms with Gasteiger partial charge in [0.1, 0.15) is 10.6 Å². The first-order valence-electron chi connectivity index (χ1n) is 6.93. The van der Waals surface area contributed by atoms with E-state index in [1.54, 1.807) is 32.0 Å². The SMILES string of the molecule is Cc1n[nH]c(C)c1S(=O)(=O)NCc1ccc2c(c1)OCC(=O)N2. The average molecular weight is 336 g/mol. The number of carbonyl (C=O) groups is 1. The van der Waals surface area contributed by atoms with Crippen LogP contribution in [0, 0.1) is 13.8 Å². The molecule has 3 N–H and O–H groups in total. The fourth-order valence-corrected chi connectivity index (χ4v) is 3.80. The molecule has 8 nitrogen and oxygen atoms in total. The zero-order chi connectivity index (χ0) is 16.6.